The second-order valence-electron chi connectivity index (χ2n) is 5.32. The quantitative estimate of drug-likeness (QED) is 0.865. The summed E-state index contributed by atoms with van der Waals surface area (Å²) in [5.74, 6) is 0. The first kappa shape index (κ1) is 13.5. The topological polar surface area (TPSA) is 28.2 Å². The molecule has 1 fully saturated rings. The number of hydrogen-bond acceptors (Lipinski definition) is 3. The molecule has 2 heterocycles. The minimum Gasteiger partial charge on any atom is -0.320 e. The second-order valence-corrected chi connectivity index (χ2v) is 5.32. The Morgan fingerprint density at radius 1 is 1.39 bits per heavy atom. The van der Waals surface area contributed by atoms with Crippen LogP contribution in [0.25, 0.3) is 0 Å². The van der Waals surface area contributed by atoms with Crippen LogP contribution in [-0.4, -0.2) is 36.1 Å². The largest absolute Gasteiger partial charge is 0.320 e. The highest BCUT2D eigenvalue weighted by Crippen LogP contribution is 2.21. The van der Waals surface area contributed by atoms with Crippen molar-refractivity contribution in [2.45, 2.75) is 45.2 Å². The Morgan fingerprint density at radius 3 is 3.00 bits per heavy atom. The highest BCUT2D eigenvalue weighted by atomic mass is 15.2. The van der Waals surface area contributed by atoms with Crippen molar-refractivity contribution in [2.24, 2.45) is 0 Å². The smallest absolute Gasteiger partial charge is 0.0372 e. The first-order chi connectivity index (χ1) is 8.79. The summed E-state index contributed by atoms with van der Waals surface area (Å²) in [6.45, 7) is 5.46. The van der Waals surface area contributed by atoms with Gasteiger partial charge >= 0.3 is 0 Å². The third-order valence-electron chi connectivity index (χ3n) is 3.83. The zero-order valence-electron chi connectivity index (χ0n) is 11.7. The summed E-state index contributed by atoms with van der Waals surface area (Å²) in [6, 6.07) is 5.07. The molecule has 0 amide bonds. The van der Waals surface area contributed by atoms with Gasteiger partial charge in [0.1, 0.15) is 0 Å². The number of nitrogens with one attached hydrogen (secondary N) is 1. The van der Waals surface area contributed by atoms with Crippen LogP contribution in [0.15, 0.2) is 18.3 Å². The number of aromatic nitrogens is 1. The van der Waals surface area contributed by atoms with E-state index < -0.39 is 0 Å². The fourth-order valence-electron chi connectivity index (χ4n) is 2.73. The molecule has 1 aliphatic rings. The van der Waals surface area contributed by atoms with Gasteiger partial charge in [0, 0.05) is 24.5 Å². The number of pyridine rings is 1. The van der Waals surface area contributed by atoms with Crippen molar-refractivity contribution in [2.75, 3.05) is 20.1 Å². The van der Waals surface area contributed by atoms with Gasteiger partial charge in [0.15, 0.2) is 0 Å². The Bertz CT molecular complexity index is 347. The normalized spacial score (nSPS) is 21.1. The molecule has 0 aromatic carbocycles. The van der Waals surface area contributed by atoms with Crippen LogP contribution in [0.3, 0.4) is 0 Å². The maximum atomic E-state index is 4.39. The number of likely N-dealkylation sites (tertiary alicyclic amines) is 1. The third kappa shape index (κ3) is 3.79. The van der Waals surface area contributed by atoms with E-state index in [1.807, 2.05) is 20.2 Å². The van der Waals surface area contributed by atoms with E-state index in [0.717, 1.165) is 24.8 Å². The Kier molecular flexibility index (Phi) is 5.14. The molecule has 0 radical (unpaired) electrons. The number of aryl methyl sites for hydroxylation is 1. The van der Waals surface area contributed by atoms with Gasteiger partial charge in [-0.25, -0.2) is 0 Å². The summed E-state index contributed by atoms with van der Waals surface area (Å²) in [5.41, 5.74) is 2.45. The summed E-state index contributed by atoms with van der Waals surface area (Å²) in [4.78, 5) is 7.02. The molecule has 1 aliphatic heterocycles. The first-order valence-corrected chi connectivity index (χ1v) is 7.10. The van der Waals surface area contributed by atoms with Crippen molar-refractivity contribution in [1.29, 1.82) is 0 Å². The van der Waals surface area contributed by atoms with E-state index in [0.29, 0.717) is 0 Å². The molecule has 1 atom stereocenters. The van der Waals surface area contributed by atoms with Gasteiger partial charge < -0.3 is 5.32 Å². The Labute approximate surface area is 111 Å². The summed E-state index contributed by atoms with van der Waals surface area (Å²) in [6.07, 6.45) is 7.36. The van der Waals surface area contributed by atoms with E-state index in [1.54, 1.807) is 0 Å². The fourth-order valence-corrected chi connectivity index (χ4v) is 2.73. The predicted octanol–water partition coefficient (Wildman–Crippen LogP) is 2.35. The SMILES string of the molecule is CNCCC1CCCCN1Cc1ccc(C)nc1. The lowest BCUT2D eigenvalue weighted by molar-refractivity contribution is 0.132. The number of rotatable bonds is 5. The van der Waals surface area contributed by atoms with Gasteiger partial charge in [0.25, 0.3) is 0 Å². The average Bonchev–Trinajstić information content (AvgIpc) is 2.40. The summed E-state index contributed by atoms with van der Waals surface area (Å²) in [5, 5.41) is 3.27. The van der Waals surface area contributed by atoms with Gasteiger partial charge in [-0.3, -0.25) is 9.88 Å². The summed E-state index contributed by atoms with van der Waals surface area (Å²) in [7, 11) is 2.04. The molecular weight excluding hydrogens is 222 g/mol. The molecule has 2 rings (SSSR count). The van der Waals surface area contributed by atoms with Crippen LogP contribution in [0, 0.1) is 6.92 Å². The third-order valence-corrected chi connectivity index (χ3v) is 3.83. The van der Waals surface area contributed by atoms with Gasteiger partial charge in [-0.15, -0.1) is 0 Å². The van der Waals surface area contributed by atoms with Gasteiger partial charge in [-0.2, -0.15) is 0 Å². The zero-order valence-corrected chi connectivity index (χ0v) is 11.7. The molecule has 1 aromatic rings. The Balaban J connectivity index is 1.94. The highest BCUT2D eigenvalue weighted by Gasteiger charge is 2.21. The monoisotopic (exact) mass is 247 g/mol. The molecule has 0 bridgehead atoms. The van der Waals surface area contributed by atoms with E-state index >= 15 is 0 Å². The van der Waals surface area contributed by atoms with E-state index in [4.69, 9.17) is 0 Å². The molecule has 0 aliphatic carbocycles. The maximum absolute atomic E-state index is 4.39. The second kappa shape index (κ2) is 6.86. The molecule has 100 valence electrons. The summed E-state index contributed by atoms with van der Waals surface area (Å²) >= 11 is 0. The molecule has 1 aromatic heterocycles. The van der Waals surface area contributed by atoms with E-state index in [9.17, 15) is 0 Å². The van der Waals surface area contributed by atoms with Crippen molar-refractivity contribution >= 4 is 0 Å². The Hall–Kier alpha value is -0.930. The van der Waals surface area contributed by atoms with E-state index in [2.05, 4.69) is 27.3 Å². The van der Waals surface area contributed by atoms with Crippen molar-refractivity contribution in [3.05, 3.63) is 29.6 Å². The molecule has 18 heavy (non-hydrogen) atoms. The Morgan fingerprint density at radius 2 is 2.28 bits per heavy atom. The van der Waals surface area contributed by atoms with Gasteiger partial charge in [-0.1, -0.05) is 12.5 Å². The van der Waals surface area contributed by atoms with Gasteiger partial charge in [0.05, 0.1) is 0 Å². The van der Waals surface area contributed by atoms with E-state index in [-0.39, 0.29) is 0 Å². The molecule has 1 saturated heterocycles. The molecule has 1 N–H and O–H groups in total. The van der Waals surface area contributed by atoms with Crippen LogP contribution >= 0.6 is 0 Å². The van der Waals surface area contributed by atoms with Crippen molar-refractivity contribution in [1.82, 2.24) is 15.2 Å². The van der Waals surface area contributed by atoms with Gasteiger partial charge in [-0.05, 0) is 58.0 Å². The van der Waals surface area contributed by atoms with Crippen LogP contribution in [0.1, 0.15) is 36.9 Å². The molecule has 1 unspecified atom stereocenters. The number of hydrogen-bond donors (Lipinski definition) is 1. The number of piperidine rings is 1. The fraction of sp³-hybridized carbons (Fsp3) is 0.667. The lowest BCUT2D eigenvalue weighted by Gasteiger charge is -2.35. The number of nitrogens with zero attached hydrogens (tertiary/aromatic N) is 2. The van der Waals surface area contributed by atoms with Crippen LogP contribution in [-0.2, 0) is 6.54 Å². The van der Waals surface area contributed by atoms with Crippen LogP contribution in [0.5, 0.6) is 0 Å². The van der Waals surface area contributed by atoms with Crippen molar-refractivity contribution in [3.8, 4) is 0 Å². The first-order valence-electron chi connectivity index (χ1n) is 7.10. The van der Waals surface area contributed by atoms with Crippen LogP contribution < -0.4 is 5.32 Å². The lowest BCUT2D eigenvalue weighted by Crippen LogP contribution is -2.40. The van der Waals surface area contributed by atoms with Crippen molar-refractivity contribution in [3.63, 3.8) is 0 Å². The average molecular weight is 247 g/mol. The van der Waals surface area contributed by atoms with Crippen LogP contribution in [0.2, 0.25) is 0 Å². The molecular formula is C15H25N3. The molecule has 3 nitrogen and oxygen atoms in total. The highest BCUT2D eigenvalue weighted by molar-refractivity contribution is 5.13. The molecule has 0 saturated carbocycles. The predicted molar refractivity (Wildman–Crippen MR) is 75.6 cm³/mol. The van der Waals surface area contributed by atoms with E-state index in [1.165, 1.54) is 37.8 Å². The minimum absolute atomic E-state index is 0.743. The van der Waals surface area contributed by atoms with Crippen LogP contribution in [0.4, 0.5) is 0 Å². The zero-order chi connectivity index (χ0) is 12.8. The minimum atomic E-state index is 0.743. The maximum Gasteiger partial charge on any atom is 0.0372 e. The van der Waals surface area contributed by atoms with Crippen molar-refractivity contribution < 1.29 is 0 Å². The summed E-state index contributed by atoms with van der Waals surface area (Å²) < 4.78 is 0. The molecule has 0 spiro atoms. The lowest BCUT2D eigenvalue weighted by atomic mass is 9.98. The molecule has 3 heteroatoms. The van der Waals surface area contributed by atoms with Gasteiger partial charge in [0.2, 0.25) is 0 Å². The standard InChI is InChI=1S/C15H25N3/c1-13-6-7-14(11-17-13)12-18-10-4-3-5-15(18)8-9-16-2/h6-7,11,15-16H,3-5,8-10,12H2,1-2H3.